The first-order chi connectivity index (χ1) is 14.0. The van der Waals surface area contributed by atoms with Crippen LogP contribution in [0.3, 0.4) is 0 Å². The highest BCUT2D eigenvalue weighted by molar-refractivity contribution is 6.05. The molecule has 8 heteroatoms. The lowest BCUT2D eigenvalue weighted by atomic mass is 9.81. The number of carbonyl (C=O) groups excluding carboxylic acids is 3. The summed E-state index contributed by atoms with van der Waals surface area (Å²) in [7, 11) is 0. The highest BCUT2D eigenvalue weighted by Crippen LogP contribution is 2.38. The van der Waals surface area contributed by atoms with Crippen molar-refractivity contribution < 1.29 is 19.1 Å². The van der Waals surface area contributed by atoms with Gasteiger partial charge in [-0.05, 0) is 31.9 Å². The van der Waals surface area contributed by atoms with Gasteiger partial charge < -0.3 is 9.72 Å². The number of ether oxygens (including phenoxy) is 1. The largest absolute Gasteiger partial charge is 0.454 e. The van der Waals surface area contributed by atoms with E-state index in [9.17, 15) is 19.2 Å². The summed E-state index contributed by atoms with van der Waals surface area (Å²) in [4.78, 5) is 57.6. The summed E-state index contributed by atoms with van der Waals surface area (Å²) >= 11 is 0. The average molecular weight is 397 g/mol. The maximum atomic E-state index is 12.5. The zero-order valence-electron chi connectivity index (χ0n) is 16.2. The predicted molar refractivity (Wildman–Crippen MR) is 104 cm³/mol. The van der Waals surface area contributed by atoms with Crippen LogP contribution in [0.1, 0.15) is 51.0 Å². The third-order valence-electron chi connectivity index (χ3n) is 5.80. The van der Waals surface area contributed by atoms with Gasteiger partial charge >= 0.3 is 5.97 Å². The van der Waals surface area contributed by atoms with Crippen LogP contribution >= 0.6 is 0 Å². The molecule has 4 rings (SSSR count). The highest BCUT2D eigenvalue weighted by Gasteiger charge is 2.47. The van der Waals surface area contributed by atoms with Crippen LogP contribution in [-0.4, -0.2) is 39.2 Å². The zero-order valence-corrected chi connectivity index (χ0v) is 16.2. The number of aromatic amines is 1. The van der Waals surface area contributed by atoms with Gasteiger partial charge in [0.1, 0.15) is 0 Å². The molecule has 1 aliphatic carbocycles. The number of carbonyl (C=O) groups is 3. The summed E-state index contributed by atoms with van der Waals surface area (Å²) < 4.78 is 5.37. The number of likely N-dealkylation sites (tertiary alicyclic amines) is 1. The number of rotatable bonds is 5. The fraction of sp³-hybridized carbons (Fsp3) is 0.476. The second-order valence-electron chi connectivity index (χ2n) is 7.68. The number of fused-ring (bicyclic) bond motifs is 2. The van der Waals surface area contributed by atoms with E-state index in [2.05, 4.69) is 9.97 Å². The quantitative estimate of drug-likeness (QED) is 0.611. The minimum absolute atomic E-state index is 0.0257. The molecule has 1 aliphatic heterocycles. The van der Waals surface area contributed by atoms with Crippen molar-refractivity contribution >= 4 is 28.7 Å². The van der Waals surface area contributed by atoms with E-state index in [0.29, 0.717) is 10.9 Å². The molecule has 0 radical (unpaired) electrons. The Balaban J connectivity index is 1.38. The number of amides is 2. The van der Waals surface area contributed by atoms with Gasteiger partial charge in [0.15, 0.2) is 11.9 Å². The van der Waals surface area contributed by atoms with E-state index in [4.69, 9.17) is 4.74 Å². The molecule has 0 unspecified atom stereocenters. The van der Waals surface area contributed by atoms with Crippen LogP contribution in [0.15, 0.2) is 29.1 Å². The van der Waals surface area contributed by atoms with Gasteiger partial charge in [-0.15, -0.1) is 0 Å². The van der Waals surface area contributed by atoms with E-state index in [1.165, 1.54) is 4.90 Å². The Bertz CT molecular complexity index is 1010. The topological polar surface area (TPSA) is 109 Å². The third kappa shape index (κ3) is 3.66. The fourth-order valence-corrected chi connectivity index (χ4v) is 4.26. The molecule has 1 aromatic heterocycles. The van der Waals surface area contributed by atoms with E-state index < -0.39 is 12.1 Å². The Labute approximate surface area is 167 Å². The van der Waals surface area contributed by atoms with Crippen LogP contribution in [0, 0.1) is 11.8 Å². The molecule has 0 bridgehead atoms. The van der Waals surface area contributed by atoms with Gasteiger partial charge in [0, 0.05) is 6.54 Å². The van der Waals surface area contributed by atoms with Crippen LogP contribution < -0.4 is 5.56 Å². The van der Waals surface area contributed by atoms with E-state index >= 15 is 0 Å². The van der Waals surface area contributed by atoms with Crippen molar-refractivity contribution in [2.45, 2.75) is 45.1 Å². The van der Waals surface area contributed by atoms with Crippen LogP contribution in [0.2, 0.25) is 0 Å². The van der Waals surface area contributed by atoms with Gasteiger partial charge in [0.25, 0.3) is 5.56 Å². The second-order valence-corrected chi connectivity index (χ2v) is 7.68. The van der Waals surface area contributed by atoms with Crippen molar-refractivity contribution in [1.82, 2.24) is 14.9 Å². The first-order valence-electron chi connectivity index (χ1n) is 9.99. The van der Waals surface area contributed by atoms with Crippen LogP contribution in [-0.2, 0) is 19.1 Å². The number of H-pyrrole nitrogens is 1. The number of imide groups is 1. The standard InChI is InChI=1S/C21H23N3O5/c1-12(18-22-16-9-5-4-8-15(16)19(26)23-18)29-17(25)10-11-24-20(27)13-6-2-3-7-14(13)21(24)28/h4-5,8-9,12-14H,2-3,6-7,10-11H2,1H3,(H,22,23,26)/t12-,13+,14+/m1/s1. The first kappa shape index (κ1) is 19.3. The molecule has 2 heterocycles. The lowest BCUT2D eigenvalue weighted by molar-refractivity contribution is -0.150. The molecule has 152 valence electrons. The molecule has 8 nitrogen and oxygen atoms in total. The van der Waals surface area contributed by atoms with Crippen molar-refractivity contribution in [1.29, 1.82) is 0 Å². The number of nitrogens with one attached hydrogen (secondary N) is 1. The van der Waals surface area contributed by atoms with Gasteiger partial charge in [0.2, 0.25) is 11.8 Å². The minimum atomic E-state index is -0.757. The molecule has 2 amide bonds. The highest BCUT2D eigenvalue weighted by atomic mass is 16.5. The maximum absolute atomic E-state index is 12.5. The van der Waals surface area contributed by atoms with E-state index in [1.54, 1.807) is 31.2 Å². The number of hydrogen-bond donors (Lipinski definition) is 1. The van der Waals surface area contributed by atoms with Crippen LogP contribution in [0.4, 0.5) is 0 Å². The minimum Gasteiger partial charge on any atom is -0.454 e. The van der Waals surface area contributed by atoms with Gasteiger partial charge in [0.05, 0.1) is 29.2 Å². The molecule has 1 N–H and O–H groups in total. The van der Waals surface area contributed by atoms with Crippen molar-refractivity contribution in [3.8, 4) is 0 Å². The van der Waals surface area contributed by atoms with Gasteiger partial charge in [-0.2, -0.15) is 0 Å². The third-order valence-corrected chi connectivity index (χ3v) is 5.80. The number of hydrogen-bond acceptors (Lipinski definition) is 6. The lowest BCUT2D eigenvalue weighted by Gasteiger charge is -2.19. The Morgan fingerprint density at radius 3 is 2.52 bits per heavy atom. The molecule has 2 aliphatic rings. The van der Waals surface area contributed by atoms with Crippen molar-refractivity contribution in [2.24, 2.45) is 11.8 Å². The summed E-state index contributed by atoms with van der Waals surface area (Å²) in [5.41, 5.74) is 0.217. The van der Waals surface area contributed by atoms with Crippen LogP contribution in [0.25, 0.3) is 10.9 Å². The average Bonchev–Trinajstić information content (AvgIpc) is 2.97. The summed E-state index contributed by atoms with van der Waals surface area (Å²) in [5, 5.41) is 0.460. The molecule has 2 fully saturated rings. The summed E-state index contributed by atoms with van der Waals surface area (Å²) in [6.45, 7) is 1.64. The zero-order chi connectivity index (χ0) is 20.5. The summed E-state index contributed by atoms with van der Waals surface area (Å²) in [5.74, 6) is -1.08. The predicted octanol–water partition coefficient (Wildman–Crippen LogP) is 2.09. The van der Waals surface area contributed by atoms with Crippen LogP contribution in [0.5, 0.6) is 0 Å². The number of nitrogens with zero attached hydrogens (tertiary/aromatic N) is 2. The number of esters is 1. The van der Waals surface area contributed by atoms with E-state index in [1.807, 2.05) is 0 Å². The lowest BCUT2D eigenvalue weighted by Crippen LogP contribution is -2.33. The molecule has 0 spiro atoms. The van der Waals surface area contributed by atoms with Gasteiger partial charge in [-0.1, -0.05) is 25.0 Å². The number of aromatic nitrogens is 2. The maximum Gasteiger partial charge on any atom is 0.308 e. The van der Waals surface area contributed by atoms with E-state index in [0.717, 1.165) is 25.7 Å². The molecule has 1 saturated heterocycles. The number of benzene rings is 1. The fourth-order valence-electron chi connectivity index (χ4n) is 4.26. The molecule has 29 heavy (non-hydrogen) atoms. The summed E-state index contributed by atoms with van der Waals surface area (Å²) in [6.07, 6.45) is 2.57. The Hall–Kier alpha value is -3.03. The van der Waals surface area contributed by atoms with Gasteiger partial charge in [-0.3, -0.25) is 24.1 Å². The molecule has 1 saturated carbocycles. The molecule has 3 atom stereocenters. The SMILES string of the molecule is C[C@@H](OC(=O)CCN1C(=O)[C@H]2CCCC[C@@H]2C1=O)c1nc2ccccc2c(=O)[nH]1. The molecule has 1 aromatic carbocycles. The molecular formula is C21H23N3O5. The Morgan fingerprint density at radius 2 is 1.83 bits per heavy atom. The van der Waals surface area contributed by atoms with E-state index in [-0.39, 0.29) is 48.0 Å². The van der Waals surface area contributed by atoms with Crippen molar-refractivity contribution in [3.05, 3.63) is 40.4 Å². The second kappa shape index (κ2) is 7.77. The Kier molecular flexibility index (Phi) is 5.17. The smallest absolute Gasteiger partial charge is 0.308 e. The summed E-state index contributed by atoms with van der Waals surface area (Å²) in [6, 6.07) is 6.91. The molecular weight excluding hydrogens is 374 g/mol. The Morgan fingerprint density at radius 1 is 1.17 bits per heavy atom. The first-order valence-corrected chi connectivity index (χ1v) is 9.99. The van der Waals surface area contributed by atoms with Crippen molar-refractivity contribution in [2.75, 3.05) is 6.54 Å². The van der Waals surface area contributed by atoms with Gasteiger partial charge in [-0.25, -0.2) is 4.98 Å². The monoisotopic (exact) mass is 397 g/mol. The number of para-hydroxylation sites is 1. The molecule has 2 aromatic rings. The van der Waals surface area contributed by atoms with Crippen molar-refractivity contribution in [3.63, 3.8) is 0 Å². The normalized spacial score (nSPS) is 22.6.